The number of benzene rings is 3. The maximum Gasteiger partial charge on any atom is 0.227 e. The van der Waals surface area contributed by atoms with Crippen LogP contribution in [-0.2, 0) is 35.7 Å². The fourth-order valence-corrected chi connectivity index (χ4v) is 3.81. The molecule has 0 N–H and O–H groups in total. The number of rotatable bonds is 7. The van der Waals surface area contributed by atoms with E-state index in [4.69, 9.17) is 25.8 Å². The smallest absolute Gasteiger partial charge is 0.227 e. The Kier molecular flexibility index (Phi) is 7.30. The van der Waals surface area contributed by atoms with Gasteiger partial charge in [0.15, 0.2) is 0 Å². The molecule has 0 spiro atoms. The summed E-state index contributed by atoms with van der Waals surface area (Å²) in [6.07, 6.45) is 0.330. The topological polar surface area (TPSA) is 48.0 Å². The Bertz CT molecular complexity index is 1070. The molecule has 1 amide bonds. The second-order valence-electron chi connectivity index (χ2n) is 7.75. The van der Waals surface area contributed by atoms with Crippen molar-refractivity contribution < 1.29 is 19.0 Å². The first-order valence-corrected chi connectivity index (χ1v) is 11.0. The van der Waals surface area contributed by atoms with Gasteiger partial charge in [0.2, 0.25) is 5.91 Å². The second kappa shape index (κ2) is 10.5. The maximum absolute atomic E-state index is 13.0. The zero-order valence-electron chi connectivity index (χ0n) is 18.1. The molecule has 0 aromatic heterocycles. The van der Waals surface area contributed by atoms with Gasteiger partial charge in [-0.3, -0.25) is 4.79 Å². The molecular formula is C26H26ClNO4. The van der Waals surface area contributed by atoms with Crippen molar-refractivity contribution in [3.8, 4) is 11.5 Å². The van der Waals surface area contributed by atoms with Gasteiger partial charge in [-0.15, -0.1) is 0 Å². The lowest BCUT2D eigenvalue weighted by Crippen LogP contribution is -2.33. The predicted molar refractivity (Wildman–Crippen MR) is 124 cm³/mol. The minimum atomic E-state index is 0.0686. The third kappa shape index (κ3) is 5.81. The normalized spacial score (nSPS) is 13.1. The lowest BCUT2D eigenvalue weighted by atomic mass is 10.1. The number of amides is 1. The molecule has 1 aliphatic heterocycles. The zero-order chi connectivity index (χ0) is 22.3. The van der Waals surface area contributed by atoms with Gasteiger partial charge >= 0.3 is 0 Å². The number of fused-ring (bicyclic) bond motifs is 1. The highest BCUT2D eigenvalue weighted by atomic mass is 35.5. The summed E-state index contributed by atoms with van der Waals surface area (Å²) in [5.41, 5.74) is 4.04. The average Bonchev–Trinajstić information content (AvgIpc) is 3.03. The van der Waals surface area contributed by atoms with Gasteiger partial charge < -0.3 is 19.1 Å². The first-order valence-electron chi connectivity index (χ1n) is 10.6. The predicted octanol–water partition coefficient (Wildman–Crippen LogP) is 5.03. The quantitative estimate of drug-likeness (QED) is 0.505. The van der Waals surface area contributed by atoms with Crippen LogP contribution in [0.3, 0.4) is 0 Å². The van der Waals surface area contributed by atoms with Crippen LogP contribution in [0.4, 0.5) is 0 Å². The monoisotopic (exact) mass is 451 g/mol. The van der Waals surface area contributed by atoms with Crippen LogP contribution in [0.25, 0.3) is 0 Å². The highest BCUT2D eigenvalue weighted by Crippen LogP contribution is 2.25. The molecule has 0 unspecified atom stereocenters. The molecular weight excluding hydrogens is 426 g/mol. The minimum Gasteiger partial charge on any atom is -0.497 e. The lowest BCUT2D eigenvalue weighted by Gasteiger charge is -2.20. The van der Waals surface area contributed by atoms with Crippen molar-refractivity contribution in [3.05, 3.63) is 94.0 Å². The molecule has 0 radical (unpaired) electrons. The summed E-state index contributed by atoms with van der Waals surface area (Å²) >= 11 is 5.93. The molecule has 0 saturated heterocycles. The number of halogens is 1. The highest BCUT2D eigenvalue weighted by Gasteiger charge is 2.20. The molecule has 0 fully saturated rings. The SMILES string of the molecule is COc1cccc(CC(=O)N2CCOc3ccc(COCc4ccc(Cl)cc4)cc3C2)c1. The van der Waals surface area contributed by atoms with Gasteiger partial charge in [-0.25, -0.2) is 0 Å². The Balaban J connectivity index is 1.38. The third-order valence-corrected chi connectivity index (χ3v) is 5.65. The Morgan fingerprint density at radius 3 is 2.59 bits per heavy atom. The summed E-state index contributed by atoms with van der Waals surface area (Å²) in [7, 11) is 1.63. The van der Waals surface area contributed by atoms with Crippen LogP contribution < -0.4 is 9.47 Å². The molecule has 1 heterocycles. The molecule has 1 aliphatic rings. The first-order chi connectivity index (χ1) is 15.6. The van der Waals surface area contributed by atoms with Crippen molar-refractivity contribution in [2.24, 2.45) is 0 Å². The number of nitrogens with zero attached hydrogens (tertiary/aromatic N) is 1. The van der Waals surface area contributed by atoms with Crippen molar-refractivity contribution in [3.63, 3.8) is 0 Å². The van der Waals surface area contributed by atoms with Crippen LogP contribution in [0, 0.1) is 0 Å². The van der Waals surface area contributed by atoms with E-state index in [0.717, 1.165) is 33.8 Å². The van der Waals surface area contributed by atoms with Crippen LogP contribution in [0.15, 0.2) is 66.7 Å². The largest absolute Gasteiger partial charge is 0.497 e. The Labute approximate surface area is 193 Å². The van der Waals surface area contributed by atoms with E-state index in [9.17, 15) is 4.79 Å². The van der Waals surface area contributed by atoms with Crippen molar-refractivity contribution in [1.82, 2.24) is 4.90 Å². The van der Waals surface area contributed by atoms with E-state index in [1.54, 1.807) is 7.11 Å². The summed E-state index contributed by atoms with van der Waals surface area (Å²) in [5, 5.41) is 0.713. The molecule has 5 nitrogen and oxygen atoms in total. The van der Waals surface area contributed by atoms with E-state index in [-0.39, 0.29) is 5.91 Å². The fraction of sp³-hybridized carbons (Fsp3) is 0.269. The van der Waals surface area contributed by atoms with Crippen molar-refractivity contribution in [2.75, 3.05) is 20.3 Å². The van der Waals surface area contributed by atoms with Crippen LogP contribution >= 0.6 is 11.6 Å². The summed E-state index contributed by atoms with van der Waals surface area (Å²) in [6.45, 7) is 2.54. The van der Waals surface area contributed by atoms with Gasteiger partial charge in [0.05, 0.1) is 33.3 Å². The second-order valence-corrected chi connectivity index (χ2v) is 8.19. The van der Waals surface area contributed by atoms with Crippen LogP contribution in [0.5, 0.6) is 11.5 Å². The number of ether oxygens (including phenoxy) is 3. The summed E-state index contributed by atoms with van der Waals surface area (Å²) in [5.74, 6) is 1.64. The van der Waals surface area contributed by atoms with Gasteiger partial charge in [-0.05, 0) is 53.1 Å². The minimum absolute atomic E-state index is 0.0686. The van der Waals surface area contributed by atoms with E-state index < -0.39 is 0 Å². The third-order valence-electron chi connectivity index (χ3n) is 5.40. The lowest BCUT2D eigenvalue weighted by molar-refractivity contribution is -0.131. The Hall–Kier alpha value is -3.02. The van der Waals surface area contributed by atoms with E-state index in [1.807, 2.05) is 65.6 Å². The summed E-state index contributed by atoms with van der Waals surface area (Å²) in [4.78, 5) is 14.8. The Morgan fingerprint density at radius 1 is 1.00 bits per heavy atom. The molecule has 4 rings (SSSR count). The number of carbonyl (C=O) groups is 1. The number of hydrogen-bond donors (Lipinski definition) is 0. The van der Waals surface area contributed by atoms with Gasteiger partial charge in [0.25, 0.3) is 0 Å². The van der Waals surface area contributed by atoms with Crippen LogP contribution in [-0.4, -0.2) is 31.1 Å². The van der Waals surface area contributed by atoms with Crippen molar-refractivity contribution in [2.45, 2.75) is 26.2 Å². The first kappa shape index (κ1) is 22.2. The molecule has 166 valence electrons. The van der Waals surface area contributed by atoms with Gasteiger partial charge in [-0.1, -0.05) is 41.9 Å². The van der Waals surface area contributed by atoms with Crippen LogP contribution in [0.1, 0.15) is 22.3 Å². The van der Waals surface area contributed by atoms with E-state index in [0.29, 0.717) is 44.4 Å². The summed E-state index contributed by atoms with van der Waals surface area (Å²) in [6, 6.07) is 21.3. The van der Waals surface area contributed by atoms with Gasteiger partial charge in [0, 0.05) is 17.1 Å². The summed E-state index contributed by atoms with van der Waals surface area (Å²) < 4.78 is 17.0. The molecule has 6 heteroatoms. The Morgan fingerprint density at radius 2 is 1.78 bits per heavy atom. The number of carbonyl (C=O) groups excluding carboxylic acids is 1. The maximum atomic E-state index is 13.0. The van der Waals surface area contributed by atoms with E-state index in [2.05, 4.69) is 6.07 Å². The molecule has 0 aliphatic carbocycles. The van der Waals surface area contributed by atoms with Crippen LogP contribution in [0.2, 0.25) is 5.02 Å². The standard InChI is InChI=1S/C26H26ClNO4/c1-30-24-4-2-3-20(14-24)15-26(29)28-11-12-32-25-10-7-21(13-22(25)16-28)18-31-17-19-5-8-23(27)9-6-19/h2-10,13-14H,11-12,15-18H2,1H3. The fourth-order valence-electron chi connectivity index (χ4n) is 3.69. The van der Waals surface area contributed by atoms with Crippen molar-refractivity contribution >= 4 is 17.5 Å². The molecule has 32 heavy (non-hydrogen) atoms. The molecule has 0 bridgehead atoms. The average molecular weight is 452 g/mol. The van der Waals surface area contributed by atoms with Gasteiger partial charge in [0.1, 0.15) is 18.1 Å². The van der Waals surface area contributed by atoms with E-state index >= 15 is 0 Å². The van der Waals surface area contributed by atoms with E-state index in [1.165, 1.54) is 0 Å². The van der Waals surface area contributed by atoms with Crippen molar-refractivity contribution in [1.29, 1.82) is 0 Å². The zero-order valence-corrected chi connectivity index (χ0v) is 18.8. The molecule has 3 aromatic carbocycles. The highest BCUT2D eigenvalue weighted by molar-refractivity contribution is 6.30. The van der Waals surface area contributed by atoms with Gasteiger partial charge in [-0.2, -0.15) is 0 Å². The molecule has 3 aromatic rings. The molecule has 0 atom stereocenters. The number of hydrogen-bond acceptors (Lipinski definition) is 4. The molecule has 0 saturated carbocycles. The number of methoxy groups -OCH3 is 1.